The van der Waals surface area contributed by atoms with Gasteiger partial charge in [0.2, 0.25) is 5.91 Å². The minimum atomic E-state index is -0.461. The maximum Gasteiger partial charge on any atom is 0.243 e. The van der Waals surface area contributed by atoms with Crippen LogP contribution in [0.5, 0.6) is 0 Å². The number of hydrogen-bond acceptors (Lipinski definition) is 5. The van der Waals surface area contributed by atoms with Crippen LogP contribution in [0.15, 0.2) is 12.2 Å². The van der Waals surface area contributed by atoms with Crippen LogP contribution in [0.1, 0.15) is 20.8 Å². The van der Waals surface area contributed by atoms with E-state index in [4.69, 9.17) is 0 Å². The summed E-state index contributed by atoms with van der Waals surface area (Å²) in [6, 6.07) is -0.461. The van der Waals surface area contributed by atoms with Crippen molar-refractivity contribution in [2.24, 2.45) is 5.92 Å². The summed E-state index contributed by atoms with van der Waals surface area (Å²) in [5.41, 5.74) is 1.37. The molecule has 0 aliphatic carbocycles. The molecule has 88 valence electrons. The van der Waals surface area contributed by atoms with Gasteiger partial charge in [0.05, 0.1) is 6.04 Å². The lowest BCUT2D eigenvalue weighted by molar-refractivity contribution is -0.168. The maximum atomic E-state index is 11.1. The van der Waals surface area contributed by atoms with Gasteiger partial charge in [-0.25, -0.2) is 0 Å². The van der Waals surface area contributed by atoms with Crippen molar-refractivity contribution in [2.75, 3.05) is 6.54 Å². The van der Waals surface area contributed by atoms with Gasteiger partial charge in [-0.2, -0.15) is 0 Å². The molecule has 0 aromatic rings. The van der Waals surface area contributed by atoms with Gasteiger partial charge in [0.1, 0.15) is 0 Å². The smallest absolute Gasteiger partial charge is 0.243 e. The zero-order valence-corrected chi connectivity index (χ0v) is 9.23. The quantitative estimate of drug-likeness (QED) is 0.442. The fraction of sp³-hybridized carbons (Fsp3) is 0.667. The normalized spacial score (nSPS) is 13.8. The first-order valence-corrected chi connectivity index (χ1v) is 4.79. The van der Waals surface area contributed by atoms with Crippen LogP contribution in [0, 0.1) is 11.1 Å². The highest BCUT2D eigenvalue weighted by Gasteiger charge is 2.18. The van der Waals surface area contributed by atoms with Crippen molar-refractivity contribution in [3.63, 3.8) is 0 Å². The molecule has 1 atom stereocenters. The topological polar surface area (TPSA) is 87.7 Å². The molecule has 3 N–H and O–H groups in total. The standard InChI is InChI=1S/C9H18N3O3/c1-4-5-9(13)10-6-8(7(2)3)12(15)11-14/h4-5,7-8,11,15H,6H2,1-3H3,(H,10,13)/q-1/b5-4+/t8-/m1/s1. The number of amides is 1. The van der Waals surface area contributed by atoms with E-state index in [0.717, 1.165) is 0 Å². The molecule has 0 bridgehead atoms. The lowest BCUT2D eigenvalue weighted by Crippen LogP contribution is -2.49. The van der Waals surface area contributed by atoms with E-state index in [0.29, 0.717) is 5.17 Å². The lowest BCUT2D eigenvalue weighted by atomic mass is 10.1. The largest absolute Gasteiger partial charge is 0.773 e. The molecule has 1 amide bonds. The summed E-state index contributed by atoms with van der Waals surface area (Å²) >= 11 is 0. The molecule has 0 saturated heterocycles. The van der Waals surface area contributed by atoms with Gasteiger partial charge >= 0.3 is 0 Å². The van der Waals surface area contributed by atoms with Crippen molar-refractivity contribution in [3.05, 3.63) is 17.4 Å². The summed E-state index contributed by atoms with van der Waals surface area (Å²) in [6.45, 7) is 5.61. The van der Waals surface area contributed by atoms with Crippen LogP contribution in [0.2, 0.25) is 0 Å². The van der Waals surface area contributed by atoms with Gasteiger partial charge < -0.3 is 16.1 Å². The Bertz CT molecular complexity index is 219. The van der Waals surface area contributed by atoms with E-state index in [1.54, 1.807) is 13.0 Å². The van der Waals surface area contributed by atoms with Crippen molar-refractivity contribution in [1.82, 2.24) is 16.1 Å². The Morgan fingerprint density at radius 3 is 2.60 bits per heavy atom. The Balaban J connectivity index is 4.13. The number of allylic oxidation sites excluding steroid dienone is 1. The molecular weight excluding hydrogens is 198 g/mol. The Hall–Kier alpha value is -0.950. The van der Waals surface area contributed by atoms with Crippen LogP contribution in [0.3, 0.4) is 0 Å². The van der Waals surface area contributed by atoms with Crippen LogP contribution in [-0.4, -0.2) is 28.9 Å². The fourth-order valence-electron chi connectivity index (χ4n) is 1.09. The van der Waals surface area contributed by atoms with Gasteiger partial charge in [-0.1, -0.05) is 19.9 Å². The van der Waals surface area contributed by atoms with Crippen molar-refractivity contribution < 1.29 is 10.0 Å². The molecular formula is C9H18N3O3-. The second kappa shape index (κ2) is 7.36. The van der Waals surface area contributed by atoms with Crippen molar-refractivity contribution in [1.29, 1.82) is 0 Å². The summed E-state index contributed by atoms with van der Waals surface area (Å²) in [5, 5.41) is 22.4. The summed E-state index contributed by atoms with van der Waals surface area (Å²) < 4.78 is 0. The average Bonchev–Trinajstić information content (AvgIpc) is 2.17. The third-order valence-electron chi connectivity index (χ3n) is 1.98. The van der Waals surface area contributed by atoms with Crippen LogP contribution in [-0.2, 0) is 4.79 Å². The van der Waals surface area contributed by atoms with Gasteiger partial charge in [-0.15, -0.1) is 5.17 Å². The van der Waals surface area contributed by atoms with E-state index in [1.807, 2.05) is 13.8 Å². The maximum absolute atomic E-state index is 11.1. The Morgan fingerprint density at radius 1 is 1.60 bits per heavy atom. The van der Waals surface area contributed by atoms with Crippen molar-refractivity contribution >= 4 is 5.91 Å². The first-order valence-electron chi connectivity index (χ1n) is 4.79. The van der Waals surface area contributed by atoms with E-state index in [-0.39, 0.29) is 18.4 Å². The highest BCUT2D eigenvalue weighted by molar-refractivity contribution is 5.87. The number of rotatable bonds is 6. The SMILES string of the molecule is C/C=C/C(=O)NC[C@H](C(C)C)N(O)N[O-]. The predicted molar refractivity (Wildman–Crippen MR) is 56.6 cm³/mol. The molecule has 0 unspecified atom stereocenters. The molecule has 0 heterocycles. The van der Waals surface area contributed by atoms with Gasteiger partial charge in [-0.3, -0.25) is 10.0 Å². The highest BCUT2D eigenvalue weighted by atomic mass is 16.7. The number of nitrogens with one attached hydrogen (secondary N) is 2. The van der Waals surface area contributed by atoms with Gasteiger partial charge in [-0.05, 0) is 18.9 Å². The van der Waals surface area contributed by atoms with E-state index in [1.165, 1.54) is 11.7 Å². The van der Waals surface area contributed by atoms with Crippen LogP contribution >= 0.6 is 0 Å². The van der Waals surface area contributed by atoms with Crippen molar-refractivity contribution in [2.45, 2.75) is 26.8 Å². The number of hydroxylamine groups is 1. The minimum absolute atomic E-state index is 0.0300. The number of nitrogens with zero attached hydrogens (tertiary/aromatic N) is 1. The Morgan fingerprint density at radius 2 is 2.20 bits per heavy atom. The number of hydrogen-bond donors (Lipinski definition) is 3. The minimum Gasteiger partial charge on any atom is -0.773 e. The Labute approximate surface area is 89.5 Å². The zero-order valence-electron chi connectivity index (χ0n) is 9.23. The summed E-state index contributed by atoms with van der Waals surface area (Å²) in [4.78, 5) is 11.1. The van der Waals surface area contributed by atoms with Gasteiger partial charge in [0, 0.05) is 6.54 Å². The molecule has 0 spiro atoms. The molecule has 0 aromatic heterocycles. The highest BCUT2D eigenvalue weighted by Crippen LogP contribution is 2.05. The molecule has 0 aliphatic heterocycles. The van der Waals surface area contributed by atoms with E-state index in [9.17, 15) is 15.2 Å². The van der Waals surface area contributed by atoms with E-state index in [2.05, 4.69) is 5.32 Å². The number of carbonyl (C=O) groups is 1. The van der Waals surface area contributed by atoms with Gasteiger partial charge in [0.15, 0.2) is 0 Å². The first kappa shape index (κ1) is 14.1. The first-order chi connectivity index (χ1) is 7.02. The third-order valence-corrected chi connectivity index (χ3v) is 1.98. The van der Waals surface area contributed by atoms with Crippen LogP contribution in [0.25, 0.3) is 0 Å². The summed E-state index contributed by atoms with van der Waals surface area (Å²) in [7, 11) is 0. The van der Waals surface area contributed by atoms with Gasteiger partial charge in [0.25, 0.3) is 0 Å². The molecule has 6 nitrogen and oxygen atoms in total. The number of hydrazine groups is 1. The second-order valence-electron chi connectivity index (χ2n) is 3.49. The lowest BCUT2D eigenvalue weighted by Gasteiger charge is -2.31. The third kappa shape index (κ3) is 5.48. The molecule has 0 rings (SSSR count). The fourth-order valence-corrected chi connectivity index (χ4v) is 1.09. The molecule has 0 radical (unpaired) electrons. The van der Waals surface area contributed by atoms with Crippen LogP contribution < -0.4 is 10.9 Å². The van der Waals surface area contributed by atoms with Crippen molar-refractivity contribution in [3.8, 4) is 0 Å². The summed E-state index contributed by atoms with van der Waals surface area (Å²) in [6.07, 6.45) is 2.99. The van der Waals surface area contributed by atoms with E-state index >= 15 is 0 Å². The van der Waals surface area contributed by atoms with Crippen LogP contribution in [0.4, 0.5) is 0 Å². The number of carbonyl (C=O) groups excluding carboxylic acids is 1. The molecule has 0 fully saturated rings. The molecule has 0 aromatic carbocycles. The molecule has 0 saturated carbocycles. The second-order valence-corrected chi connectivity index (χ2v) is 3.49. The molecule has 6 heteroatoms. The van der Waals surface area contributed by atoms with E-state index < -0.39 is 6.04 Å². The Kier molecular flexibility index (Phi) is 6.89. The average molecular weight is 216 g/mol. The zero-order chi connectivity index (χ0) is 11.8. The monoisotopic (exact) mass is 216 g/mol. The molecule has 15 heavy (non-hydrogen) atoms. The molecule has 0 aliphatic rings. The predicted octanol–water partition coefficient (Wildman–Crippen LogP) is 0.397. The summed E-state index contributed by atoms with van der Waals surface area (Å²) in [5.74, 6) is -0.218.